The summed E-state index contributed by atoms with van der Waals surface area (Å²) in [6.07, 6.45) is 1.13. The number of benzene rings is 1. The van der Waals surface area contributed by atoms with Crippen molar-refractivity contribution >= 4 is 5.69 Å². The van der Waals surface area contributed by atoms with Crippen molar-refractivity contribution in [3.05, 3.63) is 29.3 Å². The topological polar surface area (TPSA) is 24.5 Å². The first-order valence-electron chi connectivity index (χ1n) is 6.27. The number of rotatable bonds is 4. The normalized spacial score (nSPS) is 19.6. The minimum Gasteiger partial charge on any atom is -0.379 e. The molecule has 0 aliphatic carbocycles. The summed E-state index contributed by atoms with van der Waals surface area (Å²) in [6.45, 7) is 4.86. The lowest BCUT2D eigenvalue weighted by Gasteiger charge is -2.26. The van der Waals surface area contributed by atoms with E-state index in [1.807, 2.05) is 7.05 Å². The van der Waals surface area contributed by atoms with Crippen LogP contribution in [0.2, 0.25) is 0 Å². The first-order valence-corrected chi connectivity index (χ1v) is 6.27. The van der Waals surface area contributed by atoms with Crippen molar-refractivity contribution in [1.82, 2.24) is 5.32 Å². The highest BCUT2D eigenvalue weighted by Crippen LogP contribution is 2.22. The third-order valence-electron chi connectivity index (χ3n) is 3.55. The maximum absolute atomic E-state index is 5.44. The second-order valence-electron chi connectivity index (χ2n) is 4.77. The standard InChI is InChI=1S/C14H22N2O/c1-11-8-13(5-4-12(11)9-15-2)16(3)14-6-7-17-10-14/h4-5,8,14-15H,6-7,9-10H2,1-3H3. The van der Waals surface area contributed by atoms with E-state index in [1.54, 1.807) is 0 Å². The van der Waals surface area contributed by atoms with E-state index >= 15 is 0 Å². The van der Waals surface area contributed by atoms with Gasteiger partial charge in [-0.1, -0.05) is 6.07 Å². The Hall–Kier alpha value is -1.06. The van der Waals surface area contributed by atoms with Crippen LogP contribution in [0.25, 0.3) is 0 Å². The van der Waals surface area contributed by atoms with Crippen LogP contribution in [0.3, 0.4) is 0 Å². The van der Waals surface area contributed by atoms with Gasteiger partial charge in [0, 0.05) is 25.9 Å². The first kappa shape index (κ1) is 12.4. The second-order valence-corrected chi connectivity index (χ2v) is 4.77. The van der Waals surface area contributed by atoms with Crippen LogP contribution >= 0.6 is 0 Å². The number of nitrogens with one attached hydrogen (secondary N) is 1. The molecule has 1 heterocycles. The van der Waals surface area contributed by atoms with E-state index < -0.39 is 0 Å². The number of likely N-dealkylation sites (N-methyl/N-ethyl adjacent to an activating group) is 1. The maximum atomic E-state index is 5.44. The third-order valence-corrected chi connectivity index (χ3v) is 3.55. The Morgan fingerprint density at radius 3 is 2.88 bits per heavy atom. The Morgan fingerprint density at radius 1 is 1.47 bits per heavy atom. The predicted octanol–water partition coefficient (Wildman–Crippen LogP) is 1.94. The number of hydrogen-bond acceptors (Lipinski definition) is 3. The lowest BCUT2D eigenvalue weighted by atomic mass is 10.1. The summed E-state index contributed by atoms with van der Waals surface area (Å²) in [4.78, 5) is 2.34. The molecule has 3 heteroatoms. The van der Waals surface area contributed by atoms with Crippen molar-refractivity contribution in [1.29, 1.82) is 0 Å². The fraction of sp³-hybridized carbons (Fsp3) is 0.571. The van der Waals surface area contributed by atoms with Crippen molar-refractivity contribution < 1.29 is 4.74 Å². The van der Waals surface area contributed by atoms with Crippen molar-refractivity contribution in [2.45, 2.75) is 25.9 Å². The molecule has 0 saturated carbocycles. The largest absolute Gasteiger partial charge is 0.379 e. The van der Waals surface area contributed by atoms with Gasteiger partial charge in [0.25, 0.3) is 0 Å². The Kier molecular flexibility index (Phi) is 4.02. The van der Waals surface area contributed by atoms with Gasteiger partial charge in [-0.2, -0.15) is 0 Å². The molecule has 0 radical (unpaired) electrons. The van der Waals surface area contributed by atoms with Crippen LogP contribution in [0.4, 0.5) is 5.69 Å². The van der Waals surface area contributed by atoms with Gasteiger partial charge in [-0.3, -0.25) is 0 Å². The predicted molar refractivity (Wildman–Crippen MR) is 71.6 cm³/mol. The molecule has 1 N–H and O–H groups in total. The van der Waals surface area contributed by atoms with Gasteiger partial charge < -0.3 is 15.0 Å². The fourth-order valence-corrected chi connectivity index (χ4v) is 2.33. The van der Waals surface area contributed by atoms with E-state index in [1.165, 1.54) is 16.8 Å². The number of hydrogen-bond donors (Lipinski definition) is 1. The van der Waals surface area contributed by atoms with Crippen LogP contribution in [0, 0.1) is 6.92 Å². The Morgan fingerprint density at radius 2 is 2.29 bits per heavy atom. The molecule has 94 valence electrons. The number of nitrogens with zero attached hydrogens (tertiary/aromatic N) is 1. The van der Waals surface area contributed by atoms with Gasteiger partial charge in [0.15, 0.2) is 0 Å². The summed E-state index contributed by atoms with van der Waals surface area (Å²) >= 11 is 0. The molecule has 1 saturated heterocycles. The smallest absolute Gasteiger partial charge is 0.0670 e. The summed E-state index contributed by atoms with van der Waals surface area (Å²) in [5, 5.41) is 3.20. The van der Waals surface area contributed by atoms with Gasteiger partial charge in [-0.25, -0.2) is 0 Å². The minimum atomic E-state index is 0.532. The summed E-state index contributed by atoms with van der Waals surface area (Å²) in [5.41, 5.74) is 4.01. The lowest BCUT2D eigenvalue weighted by molar-refractivity contribution is 0.193. The molecule has 1 atom stereocenters. The zero-order chi connectivity index (χ0) is 12.3. The Labute approximate surface area is 104 Å². The van der Waals surface area contributed by atoms with Gasteiger partial charge >= 0.3 is 0 Å². The van der Waals surface area contributed by atoms with E-state index in [4.69, 9.17) is 4.74 Å². The molecule has 2 rings (SSSR count). The SMILES string of the molecule is CNCc1ccc(N(C)C2CCOC2)cc1C. The molecule has 0 aromatic heterocycles. The van der Waals surface area contributed by atoms with Gasteiger partial charge in [-0.05, 0) is 43.7 Å². The number of ether oxygens (including phenoxy) is 1. The number of anilines is 1. The average Bonchev–Trinajstić information content (AvgIpc) is 2.84. The van der Waals surface area contributed by atoms with E-state index in [9.17, 15) is 0 Å². The maximum Gasteiger partial charge on any atom is 0.0670 e. The van der Waals surface area contributed by atoms with Crippen molar-refractivity contribution in [2.24, 2.45) is 0 Å². The molecule has 1 aromatic rings. The highest BCUT2D eigenvalue weighted by molar-refractivity contribution is 5.51. The highest BCUT2D eigenvalue weighted by atomic mass is 16.5. The van der Waals surface area contributed by atoms with Crippen LogP contribution in [-0.4, -0.2) is 33.4 Å². The molecule has 0 spiro atoms. The van der Waals surface area contributed by atoms with E-state index in [0.29, 0.717) is 6.04 Å². The van der Waals surface area contributed by atoms with Gasteiger partial charge in [0.2, 0.25) is 0 Å². The average molecular weight is 234 g/mol. The highest BCUT2D eigenvalue weighted by Gasteiger charge is 2.20. The monoisotopic (exact) mass is 234 g/mol. The van der Waals surface area contributed by atoms with Crippen LogP contribution < -0.4 is 10.2 Å². The van der Waals surface area contributed by atoms with E-state index in [2.05, 4.69) is 42.4 Å². The lowest BCUT2D eigenvalue weighted by Crippen LogP contribution is -2.31. The molecular formula is C14H22N2O. The Bertz CT molecular complexity index is 372. The Balaban J connectivity index is 2.12. The molecular weight excluding hydrogens is 212 g/mol. The summed E-state index contributed by atoms with van der Waals surface area (Å²) < 4.78 is 5.44. The van der Waals surface area contributed by atoms with Gasteiger partial charge in [0.05, 0.1) is 12.6 Å². The fourth-order valence-electron chi connectivity index (χ4n) is 2.33. The van der Waals surface area contributed by atoms with Crippen molar-refractivity contribution in [2.75, 3.05) is 32.2 Å². The zero-order valence-corrected chi connectivity index (χ0v) is 11.0. The van der Waals surface area contributed by atoms with Crippen molar-refractivity contribution in [3.63, 3.8) is 0 Å². The number of aryl methyl sites for hydroxylation is 1. The van der Waals surface area contributed by atoms with Crippen LogP contribution in [0.1, 0.15) is 17.5 Å². The summed E-state index contributed by atoms with van der Waals surface area (Å²) in [6, 6.07) is 7.22. The zero-order valence-electron chi connectivity index (χ0n) is 11.0. The molecule has 1 fully saturated rings. The first-order chi connectivity index (χ1) is 8.22. The third kappa shape index (κ3) is 2.79. The quantitative estimate of drug-likeness (QED) is 0.861. The summed E-state index contributed by atoms with van der Waals surface area (Å²) in [5.74, 6) is 0. The molecule has 1 unspecified atom stereocenters. The van der Waals surface area contributed by atoms with E-state index in [0.717, 1.165) is 26.2 Å². The molecule has 3 nitrogen and oxygen atoms in total. The molecule has 0 amide bonds. The van der Waals surface area contributed by atoms with Gasteiger partial charge in [0.1, 0.15) is 0 Å². The summed E-state index contributed by atoms with van der Waals surface area (Å²) in [7, 11) is 4.14. The second kappa shape index (κ2) is 5.52. The van der Waals surface area contributed by atoms with Crippen LogP contribution in [0.5, 0.6) is 0 Å². The van der Waals surface area contributed by atoms with Crippen LogP contribution in [0.15, 0.2) is 18.2 Å². The van der Waals surface area contributed by atoms with Crippen LogP contribution in [-0.2, 0) is 11.3 Å². The molecule has 1 aliphatic rings. The van der Waals surface area contributed by atoms with E-state index in [-0.39, 0.29) is 0 Å². The minimum absolute atomic E-state index is 0.532. The molecule has 1 aliphatic heterocycles. The molecule has 17 heavy (non-hydrogen) atoms. The van der Waals surface area contributed by atoms with Gasteiger partial charge in [-0.15, -0.1) is 0 Å². The molecule has 0 bridgehead atoms. The van der Waals surface area contributed by atoms with Crippen molar-refractivity contribution in [3.8, 4) is 0 Å². The molecule has 1 aromatic carbocycles.